The summed E-state index contributed by atoms with van der Waals surface area (Å²) in [6.45, 7) is 3.44. The van der Waals surface area contributed by atoms with Crippen molar-refractivity contribution in [1.29, 1.82) is 0 Å². The third kappa shape index (κ3) is 2.21. The van der Waals surface area contributed by atoms with E-state index in [9.17, 15) is 8.78 Å². The second-order valence-corrected chi connectivity index (χ2v) is 2.72. The highest BCUT2D eigenvalue weighted by Gasteiger charge is 2.31. The van der Waals surface area contributed by atoms with Crippen LogP contribution < -0.4 is 5.32 Å². The topological polar surface area (TPSA) is 12.0 Å². The van der Waals surface area contributed by atoms with Crippen molar-refractivity contribution >= 4 is 0 Å². The molecule has 0 fully saturated rings. The van der Waals surface area contributed by atoms with Crippen molar-refractivity contribution in [1.82, 2.24) is 5.32 Å². The molecule has 3 heteroatoms. The van der Waals surface area contributed by atoms with Crippen LogP contribution in [0.25, 0.3) is 0 Å². The molecule has 0 rings (SSSR count). The number of nitrogens with one attached hydrogen (secondary N) is 1. The van der Waals surface area contributed by atoms with Gasteiger partial charge in [-0.05, 0) is 20.4 Å². The molecule has 0 saturated carbocycles. The Bertz CT molecular complexity index is 95.6. The standard InChI is InChI=1S/C7H15F2N/c1-4-5-7(2,10-3)6(8)9/h6,10H,4-5H2,1-3H3. The highest BCUT2D eigenvalue weighted by Crippen LogP contribution is 2.19. The predicted octanol–water partition coefficient (Wildman–Crippen LogP) is 2.03. The van der Waals surface area contributed by atoms with E-state index >= 15 is 0 Å². The molecule has 0 aromatic carbocycles. The van der Waals surface area contributed by atoms with Gasteiger partial charge in [-0.3, -0.25) is 0 Å². The van der Waals surface area contributed by atoms with Crippen LogP contribution in [0.3, 0.4) is 0 Å². The molecule has 10 heavy (non-hydrogen) atoms. The molecule has 0 aromatic heterocycles. The van der Waals surface area contributed by atoms with Crippen LogP contribution in [-0.2, 0) is 0 Å². The first kappa shape index (κ1) is 9.82. The Labute approximate surface area is 60.8 Å². The van der Waals surface area contributed by atoms with E-state index in [0.717, 1.165) is 6.42 Å². The molecular formula is C7H15F2N. The fraction of sp³-hybridized carbons (Fsp3) is 1.00. The molecule has 1 N–H and O–H groups in total. The van der Waals surface area contributed by atoms with E-state index in [0.29, 0.717) is 6.42 Å². The van der Waals surface area contributed by atoms with Gasteiger partial charge in [0.25, 0.3) is 6.43 Å². The Morgan fingerprint density at radius 2 is 2.00 bits per heavy atom. The minimum absolute atomic E-state index is 0.515. The molecule has 0 aliphatic heterocycles. The van der Waals surface area contributed by atoms with Crippen LogP contribution in [0.4, 0.5) is 8.78 Å². The van der Waals surface area contributed by atoms with Crippen molar-refractivity contribution < 1.29 is 8.78 Å². The van der Waals surface area contributed by atoms with Gasteiger partial charge in [0.1, 0.15) is 0 Å². The average molecular weight is 151 g/mol. The van der Waals surface area contributed by atoms with Gasteiger partial charge in [-0.25, -0.2) is 8.78 Å². The van der Waals surface area contributed by atoms with E-state index in [1.54, 1.807) is 14.0 Å². The molecule has 1 nitrogen and oxygen atoms in total. The fourth-order valence-electron chi connectivity index (χ4n) is 0.863. The van der Waals surface area contributed by atoms with Crippen molar-refractivity contribution in [2.45, 2.75) is 38.7 Å². The molecule has 0 amide bonds. The molecule has 0 heterocycles. The van der Waals surface area contributed by atoms with Gasteiger partial charge in [0.05, 0.1) is 5.54 Å². The maximum Gasteiger partial charge on any atom is 0.256 e. The van der Waals surface area contributed by atoms with Crippen molar-refractivity contribution in [3.8, 4) is 0 Å². The lowest BCUT2D eigenvalue weighted by Gasteiger charge is -2.27. The van der Waals surface area contributed by atoms with E-state index in [2.05, 4.69) is 5.32 Å². The maximum absolute atomic E-state index is 12.2. The number of alkyl halides is 2. The van der Waals surface area contributed by atoms with Gasteiger partial charge in [-0.15, -0.1) is 0 Å². The van der Waals surface area contributed by atoms with Crippen LogP contribution in [0.15, 0.2) is 0 Å². The lowest BCUT2D eigenvalue weighted by atomic mass is 9.97. The Kier molecular flexibility index (Phi) is 3.79. The molecule has 62 valence electrons. The van der Waals surface area contributed by atoms with Gasteiger partial charge in [-0.1, -0.05) is 13.3 Å². The number of hydrogen-bond donors (Lipinski definition) is 1. The van der Waals surface area contributed by atoms with Crippen LogP contribution in [-0.4, -0.2) is 19.0 Å². The van der Waals surface area contributed by atoms with E-state index in [1.165, 1.54) is 0 Å². The molecular weight excluding hydrogens is 136 g/mol. The molecule has 0 spiro atoms. The van der Waals surface area contributed by atoms with Gasteiger partial charge in [-0.2, -0.15) is 0 Å². The molecule has 0 aromatic rings. The van der Waals surface area contributed by atoms with Crippen molar-refractivity contribution in [2.75, 3.05) is 7.05 Å². The first-order chi connectivity index (χ1) is 4.56. The summed E-state index contributed by atoms with van der Waals surface area (Å²) in [6, 6.07) is 0. The fourth-order valence-corrected chi connectivity index (χ4v) is 0.863. The number of hydrogen-bond acceptors (Lipinski definition) is 1. The average Bonchev–Trinajstić information content (AvgIpc) is 1.88. The minimum atomic E-state index is -2.28. The zero-order chi connectivity index (χ0) is 8.20. The van der Waals surface area contributed by atoms with Crippen LogP contribution >= 0.6 is 0 Å². The highest BCUT2D eigenvalue weighted by molar-refractivity contribution is 4.83. The number of halogens is 2. The summed E-state index contributed by atoms with van der Waals surface area (Å²) >= 11 is 0. The molecule has 1 atom stereocenters. The molecule has 0 saturated heterocycles. The van der Waals surface area contributed by atoms with Gasteiger partial charge < -0.3 is 5.32 Å². The highest BCUT2D eigenvalue weighted by atomic mass is 19.3. The van der Waals surface area contributed by atoms with Gasteiger partial charge >= 0.3 is 0 Å². The van der Waals surface area contributed by atoms with E-state index < -0.39 is 12.0 Å². The van der Waals surface area contributed by atoms with Crippen molar-refractivity contribution in [3.05, 3.63) is 0 Å². The molecule has 0 aliphatic rings. The van der Waals surface area contributed by atoms with Crippen LogP contribution in [0.1, 0.15) is 26.7 Å². The van der Waals surface area contributed by atoms with Crippen molar-refractivity contribution in [2.24, 2.45) is 0 Å². The third-order valence-electron chi connectivity index (χ3n) is 1.82. The predicted molar refractivity (Wildman–Crippen MR) is 38.4 cm³/mol. The van der Waals surface area contributed by atoms with E-state index in [4.69, 9.17) is 0 Å². The molecule has 0 radical (unpaired) electrons. The minimum Gasteiger partial charge on any atom is -0.310 e. The molecule has 1 unspecified atom stereocenters. The summed E-state index contributed by atoms with van der Waals surface area (Å²) in [5, 5.41) is 2.63. The van der Waals surface area contributed by atoms with Gasteiger partial charge in [0.2, 0.25) is 0 Å². The summed E-state index contributed by atoms with van der Waals surface area (Å²) < 4.78 is 24.4. The first-order valence-corrected chi connectivity index (χ1v) is 3.54. The summed E-state index contributed by atoms with van der Waals surface area (Å²) in [5.74, 6) is 0. The monoisotopic (exact) mass is 151 g/mol. The van der Waals surface area contributed by atoms with Crippen LogP contribution in [0.2, 0.25) is 0 Å². The van der Waals surface area contributed by atoms with Crippen LogP contribution in [0, 0.1) is 0 Å². The summed E-state index contributed by atoms with van der Waals surface area (Å²) in [6.07, 6.45) is -0.986. The van der Waals surface area contributed by atoms with Crippen LogP contribution in [0.5, 0.6) is 0 Å². The maximum atomic E-state index is 12.2. The summed E-state index contributed by atoms with van der Waals surface area (Å²) in [7, 11) is 1.57. The normalized spacial score (nSPS) is 17.4. The van der Waals surface area contributed by atoms with Crippen molar-refractivity contribution in [3.63, 3.8) is 0 Å². The quantitative estimate of drug-likeness (QED) is 0.648. The Morgan fingerprint density at radius 3 is 2.10 bits per heavy atom. The van der Waals surface area contributed by atoms with E-state index in [1.807, 2.05) is 6.92 Å². The number of rotatable bonds is 4. The lowest BCUT2D eigenvalue weighted by molar-refractivity contribution is 0.0395. The zero-order valence-electron chi connectivity index (χ0n) is 6.75. The zero-order valence-corrected chi connectivity index (χ0v) is 6.75. The Hall–Kier alpha value is -0.180. The first-order valence-electron chi connectivity index (χ1n) is 3.54. The Balaban J connectivity index is 3.94. The van der Waals surface area contributed by atoms with Gasteiger partial charge in [0.15, 0.2) is 0 Å². The summed E-state index contributed by atoms with van der Waals surface area (Å²) in [5.41, 5.74) is -0.991. The lowest BCUT2D eigenvalue weighted by Crippen LogP contribution is -2.46. The second-order valence-electron chi connectivity index (χ2n) is 2.72. The largest absolute Gasteiger partial charge is 0.310 e. The second kappa shape index (κ2) is 3.86. The smallest absolute Gasteiger partial charge is 0.256 e. The third-order valence-corrected chi connectivity index (χ3v) is 1.82. The summed E-state index contributed by atoms with van der Waals surface area (Å²) in [4.78, 5) is 0. The SMILES string of the molecule is CCCC(C)(NC)C(F)F. The molecule has 0 bridgehead atoms. The van der Waals surface area contributed by atoms with Gasteiger partial charge in [0, 0.05) is 0 Å². The van der Waals surface area contributed by atoms with E-state index in [-0.39, 0.29) is 0 Å². The Morgan fingerprint density at radius 1 is 1.50 bits per heavy atom. The molecule has 0 aliphatic carbocycles.